The second-order valence-electron chi connectivity index (χ2n) is 5.96. The second-order valence-corrected chi connectivity index (χ2v) is 5.96. The first-order chi connectivity index (χ1) is 9.63. The van der Waals surface area contributed by atoms with E-state index in [1.165, 1.54) is 12.8 Å². The summed E-state index contributed by atoms with van der Waals surface area (Å²) in [6.45, 7) is 6.17. The van der Waals surface area contributed by atoms with Gasteiger partial charge < -0.3 is 4.90 Å². The Labute approximate surface area is 120 Å². The molecule has 0 aliphatic carbocycles. The Bertz CT molecular complexity index is 353. The van der Waals surface area contributed by atoms with Crippen LogP contribution in [0.1, 0.15) is 32.6 Å². The zero-order valence-electron chi connectivity index (χ0n) is 12.3. The third-order valence-corrected chi connectivity index (χ3v) is 4.67. The SMILES string of the molecule is CCC1CCN(CC(=O)N2CCC(C(=O)NN)CC2)C1. The first kappa shape index (κ1) is 15.3. The number of hydrogen-bond acceptors (Lipinski definition) is 4. The number of nitrogens with two attached hydrogens (primary N) is 1. The number of piperidine rings is 1. The van der Waals surface area contributed by atoms with E-state index in [1.807, 2.05) is 4.90 Å². The smallest absolute Gasteiger partial charge is 0.237 e. The predicted molar refractivity (Wildman–Crippen MR) is 76.5 cm³/mol. The van der Waals surface area contributed by atoms with E-state index in [-0.39, 0.29) is 17.7 Å². The Kier molecular flexibility index (Phi) is 5.37. The highest BCUT2D eigenvalue weighted by Gasteiger charge is 2.29. The molecule has 2 heterocycles. The van der Waals surface area contributed by atoms with Gasteiger partial charge in [-0.25, -0.2) is 5.84 Å². The van der Waals surface area contributed by atoms with Gasteiger partial charge in [-0.3, -0.25) is 19.9 Å². The summed E-state index contributed by atoms with van der Waals surface area (Å²) >= 11 is 0. The molecular weight excluding hydrogens is 256 g/mol. The third kappa shape index (κ3) is 3.70. The molecule has 1 atom stereocenters. The number of rotatable bonds is 4. The molecule has 6 heteroatoms. The number of carbonyl (C=O) groups is 2. The van der Waals surface area contributed by atoms with Crippen LogP contribution in [0.15, 0.2) is 0 Å². The van der Waals surface area contributed by atoms with Crippen LogP contribution in [-0.4, -0.2) is 54.3 Å². The lowest BCUT2D eigenvalue weighted by Gasteiger charge is -2.32. The van der Waals surface area contributed by atoms with E-state index in [1.54, 1.807) is 0 Å². The predicted octanol–water partition coefficient (Wildman–Crippen LogP) is -0.0532. The number of hydrogen-bond donors (Lipinski definition) is 2. The van der Waals surface area contributed by atoms with Gasteiger partial charge in [0.05, 0.1) is 6.54 Å². The minimum atomic E-state index is -0.109. The fourth-order valence-corrected chi connectivity index (χ4v) is 3.19. The summed E-state index contributed by atoms with van der Waals surface area (Å²) in [4.78, 5) is 27.8. The van der Waals surface area contributed by atoms with Crippen LogP contribution in [0.2, 0.25) is 0 Å². The fourth-order valence-electron chi connectivity index (χ4n) is 3.19. The van der Waals surface area contributed by atoms with Crippen molar-refractivity contribution in [3.8, 4) is 0 Å². The zero-order chi connectivity index (χ0) is 14.5. The summed E-state index contributed by atoms with van der Waals surface area (Å²) in [6.07, 6.45) is 3.84. The van der Waals surface area contributed by atoms with Gasteiger partial charge in [-0.1, -0.05) is 13.3 Å². The summed E-state index contributed by atoms with van der Waals surface area (Å²) in [5.74, 6) is 5.95. The van der Waals surface area contributed by atoms with E-state index >= 15 is 0 Å². The molecule has 6 nitrogen and oxygen atoms in total. The van der Waals surface area contributed by atoms with Gasteiger partial charge in [-0.05, 0) is 31.7 Å². The van der Waals surface area contributed by atoms with Crippen LogP contribution in [0.5, 0.6) is 0 Å². The Morgan fingerprint density at radius 2 is 1.90 bits per heavy atom. The molecule has 20 heavy (non-hydrogen) atoms. The van der Waals surface area contributed by atoms with Crippen molar-refractivity contribution in [2.24, 2.45) is 17.7 Å². The van der Waals surface area contributed by atoms with Crippen molar-refractivity contribution in [2.45, 2.75) is 32.6 Å². The maximum atomic E-state index is 12.3. The number of amides is 2. The Balaban J connectivity index is 1.73. The minimum absolute atomic E-state index is 0.0414. The molecule has 0 aromatic rings. The van der Waals surface area contributed by atoms with Crippen molar-refractivity contribution in [2.75, 3.05) is 32.7 Å². The summed E-state index contributed by atoms with van der Waals surface area (Å²) in [5, 5.41) is 0. The molecule has 114 valence electrons. The fraction of sp³-hybridized carbons (Fsp3) is 0.857. The molecular formula is C14H26N4O2. The van der Waals surface area contributed by atoms with Gasteiger partial charge in [0.2, 0.25) is 11.8 Å². The first-order valence-electron chi connectivity index (χ1n) is 7.64. The van der Waals surface area contributed by atoms with E-state index in [2.05, 4.69) is 17.2 Å². The number of likely N-dealkylation sites (tertiary alicyclic amines) is 2. The maximum absolute atomic E-state index is 12.3. The number of carbonyl (C=O) groups excluding carboxylic acids is 2. The van der Waals surface area contributed by atoms with E-state index in [0.717, 1.165) is 19.0 Å². The Morgan fingerprint density at radius 3 is 2.45 bits per heavy atom. The lowest BCUT2D eigenvalue weighted by molar-refractivity contribution is -0.136. The average Bonchev–Trinajstić information content (AvgIpc) is 2.94. The number of hydrazine groups is 1. The summed E-state index contributed by atoms with van der Waals surface area (Å²) in [5.41, 5.74) is 2.20. The molecule has 0 saturated carbocycles. The third-order valence-electron chi connectivity index (χ3n) is 4.67. The largest absolute Gasteiger partial charge is 0.342 e. The van der Waals surface area contributed by atoms with Crippen LogP contribution in [-0.2, 0) is 9.59 Å². The number of nitrogens with one attached hydrogen (secondary N) is 1. The molecule has 0 radical (unpaired) electrons. The quantitative estimate of drug-likeness (QED) is 0.430. The Hall–Kier alpha value is -1.14. The van der Waals surface area contributed by atoms with Crippen molar-refractivity contribution in [3.05, 3.63) is 0 Å². The molecule has 0 spiro atoms. The van der Waals surface area contributed by atoms with Gasteiger partial charge in [-0.2, -0.15) is 0 Å². The van der Waals surface area contributed by atoms with Crippen molar-refractivity contribution in [1.82, 2.24) is 15.2 Å². The molecule has 2 saturated heterocycles. The molecule has 0 bridgehead atoms. The Morgan fingerprint density at radius 1 is 1.20 bits per heavy atom. The summed E-state index contributed by atoms with van der Waals surface area (Å²) < 4.78 is 0. The van der Waals surface area contributed by atoms with Crippen molar-refractivity contribution in [3.63, 3.8) is 0 Å². The molecule has 0 aromatic carbocycles. The van der Waals surface area contributed by atoms with Crippen LogP contribution in [0.25, 0.3) is 0 Å². The van der Waals surface area contributed by atoms with Crippen molar-refractivity contribution in [1.29, 1.82) is 0 Å². The van der Waals surface area contributed by atoms with Crippen molar-refractivity contribution < 1.29 is 9.59 Å². The summed E-state index contributed by atoms with van der Waals surface area (Å²) in [6, 6.07) is 0. The van der Waals surface area contributed by atoms with Crippen LogP contribution in [0.3, 0.4) is 0 Å². The molecule has 2 rings (SSSR count). The molecule has 2 aliphatic heterocycles. The number of nitrogens with zero attached hydrogens (tertiary/aromatic N) is 2. The van der Waals surface area contributed by atoms with Crippen LogP contribution < -0.4 is 11.3 Å². The lowest BCUT2D eigenvalue weighted by Crippen LogP contribution is -2.47. The lowest BCUT2D eigenvalue weighted by atomic mass is 9.96. The normalized spacial score (nSPS) is 24.9. The van der Waals surface area contributed by atoms with Gasteiger partial charge in [0.25, 0.3) is 0 Å². The summed E-state index contributed by atoms with van der Waals surface area (Å²) in [7, 11) is 0. The zero-order valence-corrected chi connectivity index (χ0v) is 12.3. The first-order valence-corrected chi connectivity index (χ1v) is 7.64. The van der Waals surface area contributed by atoms with E-state index in [0.29, 0.717) is 32.5 Å². The van der Waals surface area contributed by atoms with Gasteiger partial charge in [0.15, 0.2) is 0 Å². The molecule has 2 amide bonds. The maximum Gasteiger partial charge on any atom is 0.237 e. The molecule has 0 aromatic heterocycles. The molecule has 2 fully saturated rings. The van der Waals surface area contributed by atoms with E-state index < -0.39 is 0 Å². The van der Waals surface area contributed by atoms with Crippen LogP contribution in [0, 0.1) is 11.8 Å². The molecule has 2 aliphatic rings. The van der Waals surface area contributed by atoms with Crippen molar-refractivity contribution >= 4 is 11.8 Å². The topological polar surface area (TPSA) is 78.7 Å². The highest BCUT2D eigenvalue weighted by atomic mass is 16.2. The average molecular weight is 282 g/mol. The van der Waals surface area contributed by atoms with Gasteiger partial charge >= 0.3 is 0 Å². The second kappa shape index (κ2) is 7.04. The van der Waals surface area contributed by atoms with Gasteiger partial charge in [0.1, 0.15) is 0 Å². The van der Waals surface area contributed by atoms with E-state index in [4.69, 9.17) is 5.84 Å². The van der Waals surface area contributed by atoms with E-state index in [9.17, 15) is 9.59 Å². The van der Waals surface area contributed by atoms with Crippen LogP contribution in [0.4, 0.5) is 0 Å². The van der Waals surface area contributed by atoms with Crippen LogP contribution >= 0.6 is 0 Å². The molecule has 1 unspecified atom stereocenters. The molecule has 3 N–H and O–H groups in total. The highest BCUT2D eigenvalue weighted by molar-refractivity contribution is 5.80. The highest BCUT2D eigenvalue weighted by Crippen LogP contribution is 2.20. The van der Waals surface area contributed by atoms with Gasteiger partial charge in [-0.15, -0.1) is 0 Å². The minimum Gasteiger partial charge on any atom is -0.342 e. The standard InChI is InChI=1S/C14H26N4O2/c1-2-11-3-6-17(9-11)10-13(19)18-7-4-12(5-8-18)14(20)16-15/h11-12H,2-10,15H2,1H3,(H,16,20). The van der Waals surface area contributed by atoms with Gasteiger partial charge in [0, 0.05) is 25.6 Å². The monoisotopic (exact) mass is 282 g/mol.